The van der Waals surface area contributed by atoms with E-state index in [9.17, 15) is 9.50 Å². The summed E-state index contributed by atoms with van der Waals surface area (Å²) in [6.45, 7) is 1.86. The van der Waals surface area contributed by atoms with Gasteiger partial charge < -0.3 is 10.8 Å². The number of rotatable bonds is 3. The summed E-state index contributed by atoms with van der Waals surface area (Å²) in [5.41, 5.74) is 6.40. The van der Waals surface area contributed by atoms with E-state index >= 15 is 0 Å². The maximum absolute atomic E-state index is 12.9. The minimum atomic E-state index is -1.14. The minimum absolute atomic E-state index is 0.0444. The monoisotopic (exact) mass is 183 g/mol. The molecule has 0 radical (unpaired) electrons. The summed E-state index contributed by atoms with van der Waals surface area (Å²) >= 11 is 0. The van der Waals surface area contributed by atoms with Crippen LogP contribution >= 0.6 is 0 Å². The molecule has 0 aliphatic rings. The third-order valence-electron chi connectivity index (χ3n) is 1.99. The van der Waals surface area contributed by atoms with Gasteiger partial charge in [-0.05, 0) is 25.5 Å². The van der Waals surface area contributed by atoms with Crippen molar-refractivity contribution in [3.8, 4) is 5.75 Å². The molecule has 3 N–H and O–H groups in total. The molecule has 1 aromatic rings. The molecule has 0 saturated carbocycles. The number of hydrogen-bond acceptors (Lipinski definition) is 2. The fourth-order valence-corrected chi connectivity index (χ4v) is 1.29. The lowest BCUT2D eigenvalue weighted by molar-refractivity contribution is 0.355. The van der Waals surface area contributed by atoms with Crippen LogP contribution < -0.4 is 5.73 Å². The third-order valence-corrected chi connectivity index (χ3v) is 1.99. The molecule has 1 unspecified atom stereocenters. The van der Waals surface area contributed by atoms with Crippen LogP contribution in [0.4, 0.5) is 4.39 Å². The zero-order valence-electron chi connectivity index (χ0n) is 7.63. The van der Waals surface area contributed by atoms with Crippen LogP contribution in [0, 0.1) is 0 Å². The number of aromatic hydroxyl groups is 1. The van der Waals surface area contributed by atoms with E-state index in [1.807, 2.05) is 0 Å². The first-order chi connectivity index (χ1) is 6.16. The van der Waals surface area contributed by atoms with Gasteiger partial charge in [-0.3, -0.25) is 0 Å². The number of hydrogen-bond donors (Lipinski definition) is 2. The molecule has 1 rings (SSSR count). The van der Waals surface area contributed by atoms with Gasteiger partial charge in [0.15, 0.2) is 0 Å². The normalized spacial score (nSPS) is 12.8. The van der Waals surface area contributed by atoms with Crippen LogP contribution in [0.5, 0.6) is 5.75 Å². The van der Waals surface area contributed by atoms with Crippen molar-refractivity contribution in [2.45, 2.75) is 19.5 Å². The van der Waals surface area contributed by atoms with E-state index < -0.39 is 6.17 Å². The zero-order chi connectivity index (χ0) is 9.84. The number of para-hydroxylation sites is 1. The number of nitrogens with two attached hydrogens (primary N) is 1. The number of phenolic OH excluding ortho intramolecular Hbond substituents is 1. The van der Waals surface area contributed by atoms with Crippen LogP contribution in [-0.2, 0) is 6.42 Å². The molecule has 3 heteroatoms. The van der Waals surface area contributed by atoms with E-state index in [1.54, 1.807) is 18.2 Å². The van der Waals surface area contributed by atoms with Gasteiger partial charge >= 0.3 is 0 Å². The summed E-state index contributed by atoms with van der Waals surface area (Å²) in [6, 6.07) is 5.07. The number of benzene rings is 1. The van der Waals surface area contributed by atoms with Crippen molar-refractivity contribution >= 4 is 0 Å². The van der Waals surface area contributed by atoms with E-state index in [1.165, 1.54) is 6.92 Å². The van der Waals surface area contributed by atoms with Crippen molar-refractivity contribution in [1.82, 2.24) is 0 Å². The first kappa shape index (κ1) is 9.99. The molecule has 0 aliphatic carbocycles. The molecule has 13 heavy (non-hydrogen) atoms. The molecule has 1 aromatic carbocycles. The lowest BCUT2D eigenvalue weighted by atomic mass is 10.0. The highest BCUT2D eigenvalue weighted by atomic mass is 19.1. The molecule has 1 atom stereocenters. The van der Waals surface area contributed by atoms with Gasteiger partial charge in [0.1, 0.15) is 11.9 Å². The Morgan fingerprint density at radius 1 is 1.54 bits per heavy atom. The smallest absolute Gasteiger partial charge is 0.126 e. The highest BCUT2D eigenvalue weighted by molar-refractivity contribution is 5.41. The Balaban J connectivity index is 3.03. The summed E-state index contributed by atoms with van der Waals surface area (Å²) < 4.78 is 12.9. The fourth-order valence-electron chi connectivity index (χ4n) is 1.29. The Kier molecular flexibility index (Phi) is 3.25. The fraction of sp³-hybridized carbons (Fsp3) is 0.400. The first-order valence-electron chi connectivity index (χ1n) is 4.31. The second-order valence-electron chi connectivity index (χ2n) is 3.01. The molecule has 0 spiro atoms. The van der Waals surface area contributed by atoms with Crippen molar-refractivity contribution < 1.29 is 9.50 Å². The van der Waals surface area contributed by atoms with Gasteiger partial charge in [-0.15, -0.1) is 0 Å². The summed E-state index contributed by atoms with van der Waals surface area (Å²) in [5.74, 6) is 0.0444. The standard InChI is InChI=1S/C10H14FNO/c1-7(11)9-4-2-3-8(5-6-12)10(9)13/h2-4,7,13H,5-6,12H2,1H3. The Morgan fingerprint density at radius 3 is 2.77 bits per heavy atom. The van der Waals surface area contributed by atoms with Crippen molar-refractivity contribution in [1.29, 1.82) is 0 Å². The van der Waals surface area contributed by atoms with E-state index in [0.717, 1.165) is 0 Å². The molecule has 0 aromatic heterocycles. The molecule has 0 amide bonds. The van der Waals surface area contributed by atoms with Crippen LogP contribution in [0.3, 0.4) is 0 Å². The Labute approximate surface area is 77.2 Å². The molecular formula is C10H14FNO. The molecule has 0 bridgehead atoms. The molecular weight excluding hydrogens is 169 g/mol. The quantitative estimate of drug-likeness (QED) is 0.752. The summed E-state index contributed by atoms with van der Waals surface area (Å²) in [6.07, 6.45) is -0.565. The molecule has 0 aliphatic heterocycles. The van der Waals surface area contributed by atoms with Crippen LogP contribution in [0.15, 0.2) is 18.2 Å². The molecule has 0 saturated heterocycles. The minimum Gasteiger partial charge on any atom is -0.507 e. The van der Waals surface area contributed by atoms with Gasteiger partial charge in [0.05, 0.1) is 0 Å². The van der Waals surface area contributed by atoms with E-state index in [4.69, 9.17) is 5.73 Å². The van der Waals surface area contributed by atoms with E-state index in [-0.39, 0.29) is 5.75 Å². The van der Waals surface area contributed by atoms with Crippen LogP contribution in [-0.4, -0.2) is 11.7 Å². The lowest BCUT2D eigenvalue weighted by Gasteiger charge is -2.09. The van der Waals surface area contributed by atoms with Crippen molar-refractivity contribution in [2.75, 3.05) is 6.54 Å². The molecule has 0 heterocycles. The molecule has 2 nitrogen and oxygen atoms in total. The summed E-state index contributed by atoms with van der Waals surface area (Å²) in [7, 11) is 0. The van der Waals surface area contributed by atoms with Crippen LogP contribution in [0.1, 0.15) is 24.2 Å². The van der Waals surface area contributed by atoms with Gasteiger partial charge in [-0.25, -0.2) is 4.39 Å². The molecule has 0 fully saturated rings. The van der Waals surface area contributed by atoms with Crippen molar-refractivity contribution in [3.63, 3.8) is 0 Å². The van der Waals surface area contributed by atoms with Crippen LogP contribution in [0.25, 0.3) is 0 Å². The van der Waals surface area contributed by atoms with E-state index in [0.29, 0.717) is 24.1 Å². The highest BCUT2D eigenvalue weighted by Crippen LogP contribution is 2.29. The number of alkyl halides is 1. The molecule has 72 valence electrons. The predicted octanol–water partition coefficient (Wildman–Crippen LogP) is 1.92. The van der Waals surface area contributed by atoms with Gasteiger partial charge in [0.25, 0.3) is 0 Å². The summed E-state index contributed by atoms with van der Waals surface area (Å²) in [5, 5.41) is 9.59. The van der Waals surface area contributed by atoms with Gasteiger partial charge in [0, 0.05) is 5.56 Å². The Morgan fingerprint density at radius 2 is 2.23 bits per heavy atom. The second kappa shape index (κ2) is 4.23. The van der Waals surface area contributed by atoms with Gasteiger partial charge in [-0.1, -0.05) is 18.2 Å². The van der Waals surface area contributed by atoms with Crippen LogP contribution in [0.2, 0.25) is 0 Å². The largest absolute Gasteiger partial charge is 0.507 e. The van der Waals surface area contributed by atoms with Crippen molar-refractivity contribution in [3.05, 3.63) is 29.3 Å². The maximum atomic E-state index is 12.9. The Bertz CT molecular complexity index is 286. The van der Waals surface area contributed by atoms with E-state index in [2.05, 4.69) is 0 Å². The average molecular weight is 183 g/mol. The predicted molar refractivity (Wildman–Crippen MR) is 50.4 cm³/mol. The first-order valence-corrected chi connectivity index (χ1v) is 4.31. The Hall–Kier alpha value is -1.09. The maximum Gasteiger partial charge on any atom is 0.126 e. The van der Waals surface area contributed by atoms with Gasteiger partial charge in [-0.2, -0.15) is 0 Å². The second-order valence-corrected chi connectivity index (χ2v) is 3.01. The highest BCUT2D eigenvalue weighted by Gasteiger charge is 2.11. The number of halogens is 1. The SMILES string of the molecule is CC(F)c1cccc(CCN)c1O. The van der Waals surface area contributed by atoms with Gasteiger partial charge in [0.2, 0.25) is 0 Å². The zero-order valence-corrected chi connectivity index (χ0v) is 7.63. The van der Waals surface area contributed by atoms with Crippen molar-refractivity contribution in [2.24, 2.45) is 5.73 Å². The summed E-state index contributed by atoms with van der Waals surface area (Å²) in [4.78, 5) is 0. The average Bonchev–Trinajstić information content (AvgIpc) is 2.08. The third kappa shape index (κ3) is 2.18. The number of phenols is 1. The lowest BCUT2D eigenvalue weighted by Crippen LogP contribution is -2.03. The topological polar surface area (TPSA) is 46.2 Å².